The fraction of sp³-hybridized carbons (Fsp3) is 0.690. The zero-order chi connectivity index (χ0) is 32.4. The molecule has 7 aliphatic carbocycles. The molecule has 252 valence electrons. The SMILES string of the molecule is C=C(C)C(=C)OC1CC2CC1C1CCCCC21.C=C1C=CC(=O)N1C1CCCCC1.C=CC(=C)OC1CC2CC1C1CCCCC21. The molecule has 0 saturated heterocycles. The van der Waals surface area contributed by atoms with Crippen LogP contribution >= 0.6 is 0 Å². The fourth-order valence-electron chi connectivity index (χ4n) is 11.4. The Labute approximate surface area is 280 Å². The topological polar surface area (TPSA) is 38.8 Å². The van der Waals surface area contributed by atoms with E-state index in [0.717, 1.165) is 83.0 Å². The second-order valence-electron chi connectivity index (χ2n) is 16.0. The molecular weight excluding hydrogens is 566 g/mol. The Kier molecular flexibility index (Phi) is 10.7. The van der Waals surface area contributed by atoms with Gasteiger partial charge in [0, 0.05) is 17.8 Å². The lowest BCUT2D eigenvalue weighted by Gasteiger charge is -2.39. The lowest BCUT2D eigenvalue weighted by Crippen LogP contribution is -2.36. The summed E-state index contributed by atoms with van der Waals surface area (Å²) < 4.78 is 12.0. The molecule has 0 radical (unpaired) electrons. The largest absolute Gasteiger partial charge is 0.491 e. The van der Waals surface area contributed by atoms with E-state index < -0.39 is 0 Å². The summed E-state index contributed by atoms with van der Waals surface area (Å²) in [6.07, 6.45) is 29.3. The smallest absolute Gasteiger partial charge is 0.251 e. The van der Waals surface area contributed by atoms with Crippen LogP contribution in [0.1, 0.15) is 116 Å². The van der Waals surface area contributed by atoms with Crippen molar-refractivity contribution in [2.24, 2.45) is 47.3 Å². The van der Waals surface area contributed by atoms with E-state index in [2.05, 4.69) is 32.9 Å². The molecule has 1 amide bonds. The molecule has 7 fully saturated rings. The molecule has 46 heavy (non-hydrogen) atoms. The number of hydrogen-bond donors (Lipinski definition) is 0. The van der Waals surface area contributed by atoms with Crippen LogP contribution in [0.15, 0.2) is 73.9 Å². The minimum Gasteiger partial charge on any atom is -0.491 e. The van der Waals surface area contributed by atoms with E-state index in [4.69, 9.17) is 9.47 Å². The standard InChI is InChI=1S/C16H24O.C15H22O.C11H15NO/c1-10(2)11(3)17-16-9-12-8-15(16)14-7-5-4-6-13(12)14;1-3-10(2)16-15-9-11-8-14(15)13-7-5-4-6-12(11)13;1-9-7-8-11(13)12(9)10-5-3-2-4-6-10/h12-16H,1,3-9H2,2H3;3,11-15H,1-2,4-9H2;7-8,10H,1-6H2. The van der Waals surface area contributed by atoms with Crippen molar-refractivity contribution in [1.29, 1.82) is 0 Å². The first-order valence-corrected chi connectivity index (χ1v) is 18.9. The Bertz CT molecular complexity index is 1190. The number of ether oxygens (including phenoxy) is 2. The normalized spacial score (nSPS) is 38.6. The molecule has 8 aliphatic rings. The molecule has 8 rings (SSSR count). The third-order valence-electron chi connectivity index (χ3n) is 13.4. The van der Waals surface area contributed by atoms with Crippen LogP contribution < -0.4 is 0 Å². The van der Waals surface area contributed by atoms with Crippen LogP contribution in [-0.2, 0) is 14.3 Å². The maximum absolute atomic E-state index is 11.5. The van der Waals surface area contributed by atoms with E-state index in [-0.39, 0.29) is 5.91 Å². The molecule has 4 heteroatoms. The van der Waals surface area contributed by atoms with Crippen LogP contribution in [0.25, 0.3) is 0 Å². The number of nitrogens with zero attached hydrogens (tertiary/aromatic N) is 1. The molecule has 0 aromatic heterocycles. The number of carbonyl (C=O) groups excluding carboxylic acids is 1. The first-order chi connectivity index (χ1) is 22.2. The summed E-state index contributed by atoms with van der Waals surface area (Å²) in [6, 6.07) is 0.420. The monoisotopic (exact) mass is 627 g/mol. The molecular formula is C42H61NO3. The summed E-state index contributed by atoms with van der Waals surface area (Å²) in [4.78, 5) is 13.3. The second-order valence-corrected chi connectivity index (χ2v) is 16.0. The van der Waals surface area contributed by atoms with Crippen molar-refractivity contribution in [3.8, 4) is 0 Å². The van der Waals surface area contributed by atoms with Crippen molar-refractivity contribution in [2.45, 2.75) is 134 Å². The Morgan fingerprint density at radius 3 is 1.67 bits per heavy atom. The van der Waals surface area contributed by atoms with Gasteiger partial charge in [-0.05, 0) is 136 Å². The highest BCUT2D eigenvalue weighted by Gasteiger charge is 2.54. The van der Waals surface area contributed by atoms with Gasteiger partial charge in [-0.1, -0.05) is 77.8 Å². The van der Waals surface area contributed by atoms with Crippen molar-refractivity contribution in [2.75, 3.05) is 0 Å². The highest BCUT2D eigenvalue weighted by Crippen LogP contribution is 2.59. The van der Waals surface area contributed by atoms with Crippen LogP contribution in [-0.4, -0.2) is 29.1 Å². The van der Waals surface area contributed by atoms with Gasteiger partial charge in [-0.25, -0.2) is 0 Å². The molecule has 10 unspecified atom stereocenters. The summed E-state index contributed by atoms with van der Waals surface area (Å²) >= 11 is 0. The molecule has 1 heterocycles. The van der Waals surface area contributed by atoms with Gasteiger partial charge in [-0.15, -0.1) is 0 Å². The summed E-state index contributed by atoms with van der Waals surface area (Å²) in [7, 11) is 0. The molecule has 0 spiro atoms. The van der Waals surface area contributed by atoms with Crippen molar-refractivity contribution in [1.82, 2.24) is 4.90 Å². The minimum absolute atomic E-state index is 0.122. The van der Waals surface area contributed by atoms with E-state index >= 15 is 0 Å². The Balaban J connectivity index is 0.000000122. The van der Waals surface area contributed by atoms with Gasteiger partial charge in [0.25, 0.3) is 5.91 Å². The van der Waals surface area contributed by atoms with Gasteiger partial charge in [-0.2, -0.15) is 0 Å². The van der Waals surface area contributed by atoms with E-state index in [1.165, 1.54) is 96.3 Å². The second kappa shape index (κ2) is 14.7. The Morgan fingerprint density at radius 2 is 1.20 bits per heavy atom. The van der Waals surface area contributed by atoms with Crippen molar-refractivity contribution in [3.63, 3.8) is 0 Å². The van der Waals surface area contributed by atoms with Gasteiger partial charge in [0.05, 0.1) is 0 Å². The van der Waals surface area contributed by atoms with Gasteiger partial charge in [-0.3, -0.25) is 4.79 Å². The summed E-state index contributed by atoms with van der Waals surface area (Å²) in [5, 5.41) is 0. The average Bonchev–Trinajstić information content (AvgIpc) is 3.90. The zero-order valence-electron chi connectivity index (χ0n) is 28.8. The zero-order valence-corrected chi connectivity index (χ0v) is 28.8. The summed E-state index contributed by atoms with van der Waals surface area (Å²) in [5.74, 6) is 9.26. The van der Waals surface area contributed by atoms with Gasteiger partial charge in [0.15, 0.2) is 0 Å². The summed E-state index contributed by atoms with van der Waals surface area (Å²) in [5.41, 5.74) is 1.85. The molecule has 0 aromatic carbocycles. The van der Waals surface area contributed by atoms with Gasteiger partial charge >= 0.3 is 0 Å². The third kappa shape index (κ3) is 7.02. The Hall–Kier alpha value is -2.49. The van der Waals surface area contributed by atoms with Gasteiger partial charge < -0.3 is 14.4 Å². The quantitative estimate of drug-likeness (QED) is 0.208. The van der Waals surface area contributed by atoms with Crippen molar-refractivity contribution in [3.05, 3.63) is 73.9 Å². The first-order valence-electron chi connectivity index (χ1n) is 18.9. The number of carbonyl (C=O) groups is 1. The van der Waals surface area contributed by atoms with Crippen molar-refractivity contribution < 1.29 is 14.3 Å². The number of fused-ring (bicyclic) bond motifs is 10. The highest BCUT2D eigenvalue weighted by atomic mass is 16.5. The number of hydrogen-bond acceptors (Lipinski definition) is 3. The van der Waals surface area contributed by atoms with Crippen LogP contribution in [0, 0.1) is 47.3 Å². The maximum atomic E-state index is 11.5. The van der Waals surface area contributed by atoms with Crippen LogP contribution in [0.3, 0.4) is 0 Å². The molecule has 7 saturated carbocycles. The van der Waals surface area contributed by atoms with E-state index in [9.17, 15) is 4.79 Å². The molecule has 0 N–H and O–H groups in total. The van der Waals surface area contributed by atoms with Crippen molar-refractivity contribution >= 4 is 5.91 Å². The average molecular weight is 628 g/mol. The maximum Gasteiger partial charge on any atom is 0.251 e. The van der Waals surface area contributed by atoms with Gasteiger partial charge in [0.2, 0.25) is 0 Å². The fourth-order valence-corrected chi connectivity index (χ4v) is 11.4. The predicted molar refractivity (Wildman–Crippen MR) is 188 cm³/mol. The van der Waals surface area contributed by atoms with E-state index in [0.29, 0.717) is 18.2 Å². The van der Waals surface area contributed by atoms with E-state index in [1.54, 1.807) is 12.2 Å². The predicted octanol–water partition coefficient (Wildman–Crippen LogP) is 10.5. The molecule has 1 aliphatic heterocycles. The molecule has 10 atom stereocenters. The first kappa shape index (κ1) is 33.4. The third-order valence-corrected chi connectivity index (χ3v) is 13.4. The Morgan fingerprint density at radius 1 is 0.696 bits per heavy atom. The van der Waals surface area contributed by atoms with Gasteiger partial charge in [0.1, 0.15) is 23.7 Å². The minimum atomic E-state index is 0.122. The lowest BCUT2D eigenvalue weighted by molar-refractivity contribution is -0.125. The molecule has 4 nitrogen and oxygen atoms in total. The summed E-state index contributed by atoms with van der Waals surface area (Å²) in [6.45, 7) is 21.4. The number of allylic oxidation sites excluding steroid dienone is 3. The molecule has 0 aromatic rings. The van der Waals surface area contributed by atoms with Crippen LogP contribution in [0.4, 0.5) is 0 Å². The highest BCUT2D eigenvalue weighted by molar-refractivity contribution is 5.93. The molecule has 4 bridgehead atoms. The van der Waals surface area contributed by atoms with Crippen LogP contribution in [0.5, 0.6) is 0 Å². The lowest BCUT2D eigenvalue weighted by atomic mass is 9.70. The van der Waals surface area contributed by atoms with E-state index in [1.807, 2.05) is 17.9 Å². The van der Waals surface area contributed by atoms with Crippen LogP contribution in [0.2, 0.25) is 0 Å². The number of rotatable bonds is 7. The number of amides is 1.